The quantitative estimate of drug-likeness (QED) is 0.556. The molecule has 0 saturated heterocycles. The van der Waals surface area contributed by atoms with Crippen molar-refractivity contribution in [1.82, 2.24) is 9.88 Å². The molecule has 6 nitrogen and oxygen atoms in total. The van der Waals surface area contributed by atoms with E-state index in [1.165, 1.54) is 0 Å². The molecule has 4 rings (SSSR count). The van der Waals surface area contributed by atoms with Crippen LogP contribution in [0.25, 0.3) is 10.9 Å². The number of amides is 1. The van der Waals surface area contributed by atoms with Gasteiger partial charge in [-0.1, -0.05) is 42.5 Å². The van der Waals surface area contributed by atoms with E-state index < -0.39 is 17.7 Å². The van der Waals surface area contributed by atoms with Crippen LogP contribution in [0.4, 0.5) is 0 Å². The molecule has 2 heterocycles. The molecule has 1 aromatic heterocycles. The van der Waals surface area contributed by atoms with Crippen LogP contribution in [0, 0.1) is 0 Å². The van der Waals surface area contributed by atoms with E-state index in [1.807, 2.05) is 54.6 Å². The number of halogens is 1. The molecular weight excluding hydrogens is 428 g/mol. The van der Waals surface area contributed by atoms with E-state index in [1.54, 1.807) is 18.4 Å². The summed E-state index contributed by atoms with van der Waals surface area (Å²) in [6.07, 6.45) is -0.373. The van der Waals surface area contributed by atoms with Gasteiger partial charge in [0, 0.05) is 17.7 Å². The second-order valence-electron chi connectivity index (χ2n) is 8.62. The average Bonchev–Trinajstić information content (AvgIpc) is 2.78. The number of fused-ring (bicyclic) bond motifs is 3. The Labute approximate surface area is 191 Å². The Balaban J connectivity index is 1.91. The molecule has 2 N–H and O–H groups in total. The van der Waals surface area contributed by atoms with Crippen molar-refractivity contribution in [3.63, 3.8) is 0 Å². The zero-order valence-corrected chi connectivity index (χ0v) is 18.9. The summed E-state index contributed by atoms with van der Waals surface area (Å²) < 4.78 is 7.86. The van der Waals surface area contributed by atoms with Crippen LogP contribution in [-0.2, 0) is 11.3 Å². The molecule has 168 valence electrons. The number of carbonyl (C=O) groups excluding carboxylic acids is 1. The second kappa shape index (κ2) is 8.96. The van der Waals surface area contributed by atoms with Gasteiger partial charge in [-0.2, -0.15) is 0 Å². The van der Waals surface area contributed by atoms with Gasteiger partial charge in [0.15, 0.2) is 0 Å². The van der Waals surface area contributed by atoms with Crippen LogP contribution in [0.3, 0.4) is 0 Å². The van der Waals surface area contributed by atoms with Crippen LogP contribution in [0.15, 0.2) is 59.4 Å². The Morgan fingerprint density at radius 2 is 1.84 bits per heavy atom. The highest BCUT2D eigenvalue weighted by Gasteiger charge is 2.46. The van der Waals surface area contributed by atoms with Crippen LogP contribution in [0.2, 0.25) is 0 Å². The summed E-state index contributed by atoms with van der Waals surface area (Å²) in [6, 6.07) is 16.4. The first-order valence-electron chi connectivity index (χ1n) is 10.7. The van der Waals surface area contributed by atoms with Gasteiger partial charge in [0.25, 0.3) is 5.56 Å². The van der Waals surface area contributed by atoms with Crippen molar-refractivity contribution in [3.8, 4) is 5.75 Å². The van der Waals surface area contributed by atoms with E-state index >= 15 is 0 Å². The first-order chi connectivity index (χ1) is 15.3. The Bertz CT molecular complexity index is 1190. The van der Waals surface area contributed by atoms with Crippen molar-refractivity contribution in [3.05, 3.63) is 76.1 Å². The van der Waals surface area contributed by atoms with Crippen molar-refractivity contribution in [2.24, 2.45) is 0 Å². The van der Waals surface area contributed by atoms with Crippen molar-refractivity contribution in [1.29, 1.82) is 0 Å². The van der Waals surface area contributed by atoms with E-state index in [0.29, 0.717) is 24.6 Å². The normalized spacial score (nSPS) is 19.2. The van der Waals surface area contributed by atoms with Crippen molar-refractivity contribution in [2.45, 2.75) is 51.0 Å². The predicted molar refractivity (Wildman–Crippen MR) is 125 cm³/mol. The van der Waals surface area contributed by atoms with Gasteiger partial charge in [0.05, 0.1) is 23.7 Å². The number of aliphatic hydroxyl groups excluding tert-OH is 1. The maximum atomic E-state index is 13.8. The summed E-state index contributed by atoms with van der Waals surface area (Å²) in [5.74, 6) is 0.508. The second-order valence-corrected chi connectivity index (χ2v) is 9.00. The highest BCUT2D eigenvalue weighted by Crippen LogP contribution is 2.42. The Kier molecular flexibility index (Phi) is 6.26. The topological polar surface area (TPSA) is 80.6 Å². The minimum Gasteiger partial charge on any atom is -0.484 e. The molecule has 0 bridgehead atoms. The van der Waals surface area contributed by atoms with Crippen molar-refractivity contribution in [2.75, 3.05) is 5.88 Å². The van der Waals surface area contributed by atoms with Gasteiger partial charge in [-0.05, 0) is 38.0 Å². The van der Waals surface area contributed by atoms with Crippen LogP contribution < -0.4 is 15.6 Å². The summed E-state index contributed by atoms with van der Waals surface area (Å²) in [5.41, 5.74) is 0.683. The van der Waals surface area contributed by atoms with Gasteiger partial charge >= 0.3 is 0 Å². The number of alkyl halides is 1. The monoisotopic (exact) mass is 454 g/mol. The first-order valence-corrected chi connectivity index (χ1v) is 11.3. The van der Waals surface area contributed by atoms with E-state index in [9.17, 15) is 14.7 Å². The molecule has 0 saturated carbocycles. The molecule has 0 fully saturated rings. The van der Waals surface area contributed by atoms with Gasteiger partial charge < -0.3 is 19.7 Å². The third kappa shape index (κ3) is 4.12. The molecule has 7 heteroatoms. The van der Waals surface area contributed by atoms with E-state index in [4.69, 9.17) is 16.3 Å². The number of pyridine rings is 1. The molecule has 1 aliphatic rings. The number of nitrogens with zero attached hydrogens (tertiary/aromatic N) is 1. The number of aromatic nitrogens is 1. The highest BCUT2D eigenvalue weighted by atomic mass is 35.5. The number of hydrogen-bond acceptors (Lipinski definition) is 4. The number of aliphatic hydroxyl groups is 1. The number of carbonyl (C=O) groups is 1. The molecule has 0 spiro atoms. The van der Waals surface area contributed by atoms with E-state index in [-0.39, 0.29) is 23.5 Å². The summed E-state index contributed by atoms with van der Waals surface area (Å²) >= 11 is 5.73. The van der Waals surface area contributed by atoms with Gasteiger partial charge in [-0.25, -0.2) is 0 Å². The third-order valence-corrected chi connectivity index (χ3v) is 6.17. The fourth-order valence-corrected chi connectivity index (χ4v) is 4.35. The lowest BCUT2D eigenvalue weighted by molar-refractivity contribution is -0.125. The first kappa shape index (κ1) is 22.4. The SMILES string of the molecule is CC1(C)Oc2c(c(=O)n(Cc3ccccc3)c3ccccc23)C(NC(=O)CCCCl)C1O. The number of para-hydroxylation sites is 1. The minimum absolute atomic E-state index is 0.217. The van der Waals surface area contributed by atoms with Crippen molar-refractivity contribution >= 4 is 28.4 Å². The maximum absolute atomic E-state index is 13.8. The van der Waals surface area contributed by atoms with Crippen LogP contribution in [0.1, 0.15) is 43.9 Å². The highest BCUT2D eigenvalue weighted by molar-refractivity contribution is 6.17. The summed E-state index contributed by atoms with van der Waals surface area (Å²) in [4.78, 5) is 26.4. The van der Waals surface area contributed by atoms with Gasteiger partial charge in [0.2, 0.25) is 5.91 Å². The smallest absolute Gasteiger partial charge is 0.260 e. The number of hydrogen-bond donors (Lipinski definition) is 2. The number of ether oxygens (including phenoxy) is 1. The number of nitrogens with one attached hydrogen (secondary N) is 1. The molecule has 2 atom stereocenters. The molecule has 32 heavy (non-hydrogen) atoms. The zero-order valence-electron chi connectivity index (χ0n) is 18.2. The molecular formula is C25H27ClN2O4. The van der Waals surface area contributed by atoms with Gasteiger partial charge in [-0.3, -0.25) is 9.59 Å². The lowest BCUT2D eigenvalue weighted by atomic mass is 9.86. The van der Waals surface area contributed by atoms with Gasteiger partial charge in [-0.15, -0.1) is 11.6 Å². The summed E-state index contributed by atoms with van der Waals surface area (Å²) in [7, 11) is 0. The average molecular weight is 455 g/mol. The standard InChI is InChI=1S/C25H27ClN2O4/c1-25(2)23(30)21(27-19(29)13-8-14-26)20-22(32-25)17-11-6-7-12-18(17)28(24(20)31)15-16-9-4-3-5-10-16/h3-7,9-12,21,23,30H,8,13-15H2,1-2H3,(H,27,29). The molecule has 2 aromatic carbocycles. The maximum Gasteiger partial charge on any atom is 0.260 e. The van der Waals surface area contributed by atoms with Crippen LogP contribution >= 0.6 is 11.6 Å². The zero-order chi connectivity index (χ0) is 22.9. The Morgan fingerprint density at radius 3 is 2.56 bits per heavy atom. The lowest BCUT2D eigenvalue weighted by Gasteiger charge is -2.42. The van der Waals surface area contributed by atoms with Gasteiger partial charge in [0.1, 0.15) is 17.5 Å². The number of benzene rings is 2. The van der Waals surface area contributed by atoms with Crippen LogP contribution in [0.5, 0.6) is 5.75 Å². The fraction of sp³-hybridized carbons (Fsp3) is 0.360. The number of rotatable bonds is 6. The predicted octanol–water partition coefficient (Wildman–Crippen LogP) is 3.76. The Hall–Kier alpha value is -2.83. The van der Waals surface area contributed by atoms with E-state index in [2.05, 4.69) is 5.32 Å². The summed E-state index contributed by atoms with van der Waals surface area (Å²) in [5, 5.41) is 14.7. The summed E-state index contributed by atoms with van der Waals surface area (Å²) in [6.45, 7) is 3.87. The largest absolute Gasteiger partial charge is 0.484 e. The molecule has 1 amide bonds. The van der Waals surface area contributed by atoms with E-state index in [0.717, 1.165) is 16.5 Å². The molecule has 3 aromatic rings. The van der Waals surface area contributed by atoms with Crippen molar-refractivity contribution < 1.29 is 14.6 Å². The molecule has 2 unspecified atom stereocenters. The Morgan fingerprint density at radius 1 is 1.16 bits per heavy atom. The lowest BCUT2D eigenvalue weighted by Crippen LogP contribution is -2.55. The fourth-order valence-electron chi connectivity index (χ4n) is 4.21. The molecule has 1 aliphatic heterocycles. The molecule has 0 aliphatic carbocycles. The molecule has 0 radical (unpaired) electrons. The van der Waals surface area contributed by atoms with Crippen LogP contribution in [-0.4, -0.2) is 33.2 Å². The third-order valence-electron chi connectivity index (χ3n) is 5.90. The minimum atomic E-state index is -1.10.